The average molecular weight is 293 g/mol. The Bertz CT molecular complexity index is 422. The van der Waals surface area contributed by atoms with Crippen LogP contribution in [0.2, 0.25) is 0 Å². The number of benzene rings is 1. The van der Waals surface area contributed by atoms with Crippen molar-refractivity contribution < 1.29 is 27.4 Å². The molecule has 0 radical (unpaired) electrons. The predicted molar refractivity (Wildman–Crippen MR) is 67.8 cm³/mol. The molecule has 0 saturated carbocycles. The molecule has 0 fully saturated rings. The van der Waals surface area contributed by atoms with Gasteiger partial charge in [0.05, 0.1) is 13.7 Å². The molecule has 0 spiro atoms. The Morgan fingerprint density at radius 1 is 1.25 bits per heavy atom. The van der Waals surface area contributed by atoms with Crippen LogP contribution in [-0.2, 0) is 11.2 Å². The Labute approximate surface area is 115 Å². The van der Waals surface area contributed by atoms with E-state index in [0.717, 1.165) is 5.56 Å². The van der Waals surface area contributed by atoms with Crippen LogP contribution in [0.1, 0.15) is 12.5 Å². The van der Waals surface area contributed by atoms with Gasteiger partial charge >= 0.3 is 6.36 Å². The second-order valence-electron chi connectivity index (χ2n) is 4.30. The molecule has 1 aromatic carbocycles. The highest BCUT2D eigenvalue weighted by molar-refractivity contribution is 5.40. The highest BCUT2D eigenvalue weighted by Crippen LogP contribution is 2.25. The smallest absolute Gasteiger partial charge is 0.497 e. The van der Waals surface area contributed by atoms with Crippen molar-refractivity contribution in [3.8, 4) is 11.5 Å². The third-order valence-corrected chi connectivity index (χ3v) is 2.42. The number of nitrogens with two attached hydrogens (primary N) is 1. The van der Waals surface area contributed by atoms with E-state index in [-0.39, 0.29) is 12.6 Å². The Balaban J connectivity index is 2.63. The maximum atomic E-state index is 11.8. The summed E-state index contributed by atoms with van der Waals surface area (Å²) < 4.78 is 49.5. The fourth-order valence-corrected chi connectivity index (χ4v) is 1.64. The van der Waals surface area contributed by atoms with Gasteiger partial charge < -0.3 is 15.2 Å². The molecule has 1 aromatic rings. The number of hydrogen-bond donors (Lipinski definition) is 1. The summed E-state index contributed by atoms with van der Waals surface area (Å²) in [5.74, 6) is 1.12. The van der Waals surface area contributed by atoms with Crippen molar-refractivity contribution in [2.75, 3.05) is 20.3 Å². The molecule has 0 amide bonds. The zero-order chi connectivity index (χ0) is 15.2. The molecule has 1 unspecified atom stereocenters. The van der Waals surface area contributed by atoms with Gasteiger partial charge in [0.15, 0.2) is 0 Å². The quantitative estimate of drug-likeness (QED) is 0.785. The molecule has 0 aromatic heterocycles. The van der Waals surface area contributed by atoms with E-state index in [1.807, 2.05) is 6.92 Å². The van der Waals surface area contributed by atoms with E-state index in [4.69, 9.17) is 15.2 Å². The number of alkyl halides is 3. The fraction of sp³-hybridized carbons (Fsp3) is 0.538. The van der Waals surface area contributed by atoms with Crippen LogP contribution in [0.25, 0.3) is 0 Å². The topological polar surface area (TPSA) is 53.7 Å². The third kappa shape index (κ3) is 6.12. The molecule has 1 rings (SSSR count). The Hall–Kier alpha value is -1.47. The minimum Gasteiger partial charge on any atom is -0.497 e. The highest BCUT2D eigenvalue weighted by Gasteiger charge is 2.28. The van der Waals surface area contributed by atoms with Crippen molar-refractivity contribution in [1.82, 2.24) is 0 Å². The van der Waals surface area contributed by atoms with Gasteiger partial charge in [-0.1, -0.05) is 0 Å². The standard InChI is InChI=1S/C13H18F3NO3/c1-9(17)7-10-8-11(18-2)3-4-12(10)19-5-6-20-13(14,15)16/h3-4,8-9H,5-7,17H2,1-2H3. The molecular weight excluding hydrogens is 275 g/mol. The largest absolute Gasteiger partial charge is 0.522 e. The zero-order valence-corrected chi connectivity index (χ0v) is 11.4. The number of hydrogen-bond acceptors (Lipinski definition) is 4. The van der Waals surface area contributed by atoms with Gasteiger partial charge in [-0.25, -0.2) is 0 Å². The second-order valence-corrected chi connectivity index (χ2v) is 4.30. The van der Waals surface area contributed by atoms with Crippen LogP contribution in [0, 0.1) is 0 Å². The summed E-state index contributed by atoms with van der Waals surface area (Å²) in [6.07, 6.45) is -4.11. The minimum atomic E-state index is -4.64. The summed E-state index contributed by atoms with van der Waals surface area (Å²) >= 11 is 0. The Kier molecular flexibility index (Phi) is 6.09. The predicted octanol–water partition coefficient (Wildman–Crippen LogP) is 2.50. The molecule has 20 heavy (non-hydrogen) atoms. The van der Waals surface area contributed by atoms with Crippen LogP contribution in [0.4, 0.5) is 13.2 Å². The zero-order valence-electron chi connectivity index (χ0n) is 11.4. The lowest BCUT2D eigenvalue weighted by Crippen LogP contribution is -2.20. The van der Waals surface area contributed by atoms with Crippen LogP contribution in [-0.4, -0.2) is 32.7 Å². The molecule has 0 bridgehead atoms. The van der Waals surface area contributed by atoms with E-state index < -0.39 is 13.0 Å². The molecule has 0 heterocycles. The molecule has 1 atom stereocenters. The number of halogens is 3. The van der Waals surface area contributed by atoms with Crippen LogP contribution in [0.3, 0.4) is 0 Å². The summed E-state index contributed by atoms with van der Waals surface area (Å²) in [5, 5.41) is 0. The molecule has 0 aliphatic carbocycles. The number of ether oxygens (including phenoxy) is 3. The molecule has 0 aliphatic heterocycles. The van der Waals surface area contributed by atoms with Crippen LogP contribution < -0.4 is 15.2 Å². The Morgan fingerprint density at radius 3 is 2.50 bits per heavy atom. The first-order valence-corrected chi connectivity index (χ1v) is 6.08. The van der Waals surface area contributed by atoms with Gasteiger partial charge in [0.2, 0.25) is 0 Å². The van der Waals surface area contributed by atoms with Crippen molar-refractivity contribution in [3.63, 3.8) is 0 Å². The molecule has 2 N–H and O–H groups in total. The van der Waals surface area contributed by atoms with Gasteiger partial charge in [0.1, 0.15) is 18.1 Å². The molecule has 7 heteroatoms. The van der Waals surface area contributed by atoms with E-state index in [0.29, 0.717) is 17.9 Å². The molecule has 4 nitrogen and oxygen atoms in total. The van der Waals surface area contributed by atoms with Gasteiger partial charge in [0.25, 0.3) is 0 Å². The highest BCUT2D eigenvalue weighted by atomic mass is 19.4. The third-order valence-electron chi connectivity index (χ3n) is 2.42. The van der Waals surface area contributed by atoms with Crippen molar-refractivity contribution in [2.45, 2.75) is 25.7 Å². The lowest BCUT2D eigenvalue weighted by atomic mass is 10.1. The van der Waals surface area contributed by atoms with E-state index in [1.165, 1.54) is 7.11 Å². The monoisotopic (exact) mass is 293 g/mol. The molecule has 0 aliphatic rings. The summed E-state index contributed by atoms with van der Waals surface area (Å²) in [4.78, 5) is 0. The second kappa shape index (κ2) is 7.35. The SMILES string of the molecule is COc1ccc(OCCOC(F)(F)F)c(CC(C)N)c1. The molecule has 114 valence electrons. The van der Waals surface area contributed by atoms with Crippen LogP contribution in [0.5, 0.6) is 11.5 Å². The van der Waals surface area contributed by atoms with E-state index in [9.17, 15) is 13.2 Å². The fourth-order valence-electron chi connectivity index (χ4n) is 1.64. The van der Waals surface area contributed by atoms with E-state index in [2.05, 4.69) is 4.74 Å². The lowest BCUT2D eigenvalue weighted by molar-refractivity contribution is -0.325. The van der Waals surface area contributed by atoms with Crippen LogP contribution >= 0.6 is 0 Å². The molecule has 0 saturated heterocycles. The maximum absolute atomic E-state index is 11.8. The lowest BCUT2D eigenvalue weighted by Gasteiger charge is -2.15. The van der Waals surface area contributed by atoms with Crippen molar-refractivity contribution in [1.29, 1.82) is 0 Å². The van der Waals surface area contributed by atoms with E-state index >= 15 is 0 Å². The Morgan fingerprint density at radius 2 is 1.95 bits per heavy atom. The van der Waals surface area contributed by atoms with Gasteiger partial charge in [0, 0.05) is 6.04 Å². The summed E-state index contributed by atoms with van der Waals surface area (Å²) in [6.45, 7) is 1.07. The van der Waals surface area contributed by atoms with Gasteiger partial charge in [-0.15, -0.1) is 13.2 Å². The van der Waals surface area contributed by atoms with Crippen LogP contribution in [0.15, 0.2) is 18.2 Å². The number of methoxy groups -OCH3 is 1. The summed E-state index contributed by atoms with van der Waals surface area (Å²) in [6, 6.07) is 4.97. The maximum Gasteiger partial charge on any atom is 0.522 e. The average Bonchev–Trinajstić information content (AvgIpc) is 2.34. The number of rotatable bonds is 7. The first kappa shape index (κ1) is 16.6. The van der Waals surface area contributed by atoms with Gasteiger partial charge in [-0.2, -0.15) is 0 Å². The normalized spacial score (nSPS) is 13.1. The van der Waals surface area contributed by atoms with Crippen molar-refractivity contribution in [3.05, 3.63) is 23.8 Å². The minimum absolute atomic E-state index is 0.101. The first-order chi connectivity index (χ1) is 9.31. The van der Waals surface area contributed by atoms with Crippen molar-refractivity contribution >= 4 is 0 Å². The van der Waals surface area contributed by atoms with E-state index in [1.54, 1.807) is 18.2 Å². The first-order valence-electron chi connectivity index (χ1n) is 6.08. The summed E-state index contributed by atoms with van der Waals surface area (Å²) in [7, 11) is 1.53. The summed E-state index contributed by atoms with van der Waals surface area (Å²) in [5.41, 5.74) is 6.51. The van der Waals surface area contributed by atoms with Crippen molar-refractivity contribution in [2.24, 2.45) is 5.73 Å². The van der Waals surface area contributed by atoms with Gasteiger partial charge in [-0.05, 0) is 37.1 Å². The molecular formula is C13H18F3NO3. The van der Waals surface area contributed by atoms with Gasteiger partial charge in [-0.3, -0.25) is 4.74 Å².